The van der Waals surface area contributed by atoms with Gasteiger partial charge >= 0.3 is 12.2 Å². The van der Waals surface area contributed by atoms with Gasteiger partial charge in [-0.3, -0.25) is 10.2 Å². The van der Waals surface area contributed by atoms with Gasteiger partial charge in [-0.15, -0.1) is 4.99 Å². The van der Waals surface area contributed by atoms with E-state index < -0.39 is 29.5 Å². The average Bonchev–Trinajstić information content (AvgIpc) is 2.43. The fourth-order valence-corrected chi connectivity index (χ4v) is 1.88. The highest BCUT2D eigenvalue weighted by molar-refractivity contribution is 5.98. The second kappa shape index (κ2) is 8.50. The van der Waals surface area contributed by atoms with Gasteiger partial charge in [-0.05, 0) is 48.5 Å². The quantitative estimate of drug-likeness (QED) is 0.413. The summed E-state index contributed by atoms with van der Waals surface area (Å²) >= 11 is 0. The molecule has 0 aromatic carbocycles. The third-order valence-electron chi connectivity index (χ3n) is 2.82. The van der Waals surface area contributed by atoms with Crippen LogP contribution in [0.5, 0.6) is 0 Å². The summed E-state index contributed by atoms with van der Waals surface area (Å²) in [4.78, 5) is 33.6. The minimum Gasteiger partial charge on any atom is -0.444 e. The third kappa shape index (κ3) is 7.83. The maximum atomic E-state index is 12.1. The second-order valence-electron chi connectivity index (χ2n) is 7.82. The smallest absolute Gasteiger partial charge is 0.437 e. The number of aliphatic imine (C=N–C) groups is 1. The van der Waals surface area contributed by atoms with Gasteiger partial charge in [0.05, 0.1) is 12.6 Å². The Morgan fingerprint density at radius 3 is 2.23 bits per heavy atom. The monoisotopic (exact) mass is 371 g/mol. The van der Waals surface area contributed by atoms with Crippen molar-refractivity contribution in [2.45, 2.75) is 71.8 Å². The topological polar surface area (TPSA) is 110 Å². The summed E-state index contributed by atoms with van der Waals surface area (Å²) < 4.78 is 10.4. The maximum absolute atomic E-state index is 12.1. The first-order valence-electron chi connectivity index (χ1n) is 8.37. The lowest BCUT2D eigenvalue weighted by Crippen LogP contribution is -2.52. The van der Waals surface area contributed by atoms with Crippen LogP contribution in [0.3, 0.4) is 0 Å². The minimum atomic E-state index is -0.894. The first-order chi connectivity index (χ1) is 11.8. The number of nitrogens with zero attached hydrogens (tertiary/aromatic N) is 2. The molecule has 1 rings (SSSR count). The summed E-state index contributed by atoms with van der Waals surface area (Å²) in [6.45, 7) is 11.7. The summed E-state index contributed by atoms with van der Waals surface area (Å²) in [7, 11) is 0. The Morgan fingerprint density at radius 2 is 1.73 bits per heavy atom. The predicted molar refractivity (Wildman–Crippen MR) is 95.4 cm³/mol. The van der Waals surface area contributed by atoms with E-state index in [1.807, 2.05) is 0 Å². The molecule has 148 valence electrons. The summed E-state index contributed by atoms with van der Waals surface area (Å²) in [5.41, 5.74) is -1.48. The van der Waals surface area contributed by atoms with E-state index in [1.54, 1.807) is 60.6 Å². The Hall–Kier alpha value is -2.13. The standard InChI is InChI=1S/C17H29N3O6/c1-11-8-9-12(10-21)26-20(11)13(18-14(22)24-16(2,3)4)19-15(23)25-17(5,6)7/h8-9,11-12,21H,10H2,1-7H3,(H,18,19,22,23)/t11-,12-/m1/s1. The number of hydrogen-bond acceptors (Lipinski definition) is 6. The number of ether oxygens (including phenoxy) is 2. The molecule has 0 bridgehead atoms. The molecule has 1 aliphatic heterocycles. The maximum Gasteiger partial charge on any atom is 0.437 e. The van der Waals surface area contributed by atoms with E-state index in [4.69, 9.17) is 14.3 Å². The van der Waals surface area contributed by atoms with Gasteiger partial charge in [-0.1, -0.05) is 12.2 Å². The van der Waals surface area contributed by atoms with Gasteiger partial charge in [0.25, 0.3) is 0 Å². The first kappa shape index (κ1) is 21.9. The Kier molecular flexibility index (Phi) is 7.16. The van der Waals surface area contributed by atoms with Crippen molar-refractivity contribution < 1.29 is 29.0 Å². The number of guanidine groups is 1. The summed E-state index contributed by atoms with van der Waals surface area (Å²) in [6, 6.07) is -0.353. The van der Waals surface area contributed by atoms with Gasteiger partial charge in [-0.2, -0.15) is 0 Å². The molecular weight excluding hydrogens is 342 g/mol. The zero-order chi connectivity index (χ0) is 20.1. The highest BCUT2D eigenvalue weighted by Crippen LogP contribution is 2.15. The summed E-state index contributed by atoms with van der Waals surface area (Å²) in [5, 5.41) is 12.9. The van der Waals surface area contributed by atoms with Crippen LogP contribution in [-0.4, -0.2) is 58.3 Å². The number of aliphatic hydroxyl groups excluding tert-OH is 1. The molecule has 0 saturated heterocycles. The van der Waals surface area contributed by atoms with Crippen LogP contribution < -0.4 is 5.32 Å². The number of carbonyl (C=O) groups is 2. The molecule has 0 aliphatic carbocycles. The van der Waals surface area contributed by atoms with E-state index in [2.05, 4.69) is 10.3 Å². The van der Waals surface area contributed by atoms with E-state index in [9.17, 15) is 14.7 Å². The molecule has 26 heavy (non-hydrogen) atoms. The van der Waals surface area contributed by atoms with Crippen molar-refractivity contribution in [1.29, 1.82) is 0 Å². The Bertz CT molecular complexity index is 574. The average molecular weight is 371 g/mol. The van der Waals surface area contributed by atoms with Crippen molar-refractivity contribution >= 4 is 18.1 Å². The van der Waals surface area contributed by atoms with Crippen molar-refractivity contribution in [3.8, 4) is 0 Å². The normalized spacial score (nSPS) is 21.4. The molecule has 0 unspecified atom stereocenters. The number of hydroxylamine groups is 2. The molecule has 1 aliphatic rings. The molecule has 0 aromatic heterocycles. The third-order valence-corrected chi connectivity index (χ3v) is 2.82. The number of amides is 2. The second-order valence-corrected chi connectivity index (χ2v) is 7.82. The van der Waals surface area contributed by atoms with Gasteiger partial charge in [0.2, 0.25) is 5.96 Å². The largest absolute Gasteiger partial charge is 0.444 e. The van der Waals surface area contributed by atoms with Gasteiger partial charge < -0.3 is 14.6 Å². The van der Waals surface area contributed by atoms with Crippen LogP contribution in [0.25, 0.3) is 0 Å². The lowest BCUT2D eigenvalue weighted by molar-refractivity contribution is -0.163. The van der Waals surface area contributed by atoms with Gasteiger partial charge in [-0.25, -0.2) is 14.7 Å². The summed E-state index contributed by atoms with van der Waals surface area (Å²) in [5.74, 6) is -0.191. The number of carbonyl (C=O) groups excluding carboxylic acids is 2. The van der Waals surface area contributed by atoms with E-state index in [-0.39, 0.29) is 18.6 Å². The molecule has 0 saturated carbocycles. The number of alkyl carbamates (subject to hydrolysis) is 1. The van der Waals surface area contributed by atoms with Crippen LogP contribution >= 0.6 is 0 Å². The zero-order valence-electron chi connectivity index (χ0n) is 16.4. The van der Waals surface area contributed by atoms with Crippen LogP contribution in [0.4, 0.5) is 9.59 Å². The number of rotatable bonds is 1. The molecule has 1 heterocycles. The fraction of sp³-hybridized carbons (Fsp3) is 0.706. The predicted octanol–water partition coefficient (Wildman–Crippen LogP) is 2.36. The minimum absolute atomic E-state index is 0.191. The Morgan fingerprint density at radius 1 is 1.15 bits per heavy atom. The van der Waals surface area contributed by atoms with E-state index in [1.165, 1.54) is 5.06 Å². The van der Waals surface area contributed by atoms with E-state index in [0.29, 0.717) is 0 Å². The van der Waals surface area contributed by atoms with Gasteiger partial charge in [0.1, 0.15) is 17.3 Å². The van der Waals surface area contributed by atoms with Crippen LogP contribution in [0.1, 0.15) is 48.5 Å². The molecule has 2 atom stereocenters. The Balaban J connectivity index is 3.06. The lowest BCUT2D eigenvalue weighted by atomic mass is 10.2. The number of hydrogen-bond donors (Lipinski definition) is 2. The van der Waals surface area contributed by atoms with Crippen LogP contribution in [0, 0.1) is 0 Å². The molecule has 2 amide bonds. The summed E-state index contributed by atoms with van der Waals surface area (Å²) in [6.07, 6.45) is 1.11. The van der Waals surface area contributed by atoms with Crippen LogP contribution in [0.15, 0.2) is 17.1 Å². The molecule has 9 heteroatoms. The van der Waals surface area contributed by atoms with Crippen molar-refractivity contribution in [1.82, 2.24) is 10.4 Å². The highest BCUT2D eigenvalue weighted by atomic mass is 16.7. The molecule has 9 nitrogen and oxygen atoms in total. The molecular formula is C17H29N3O6. The van der Waals surface area contributed by atoms with Crippen molar-refractivity contribution in [3.63, 3.8) is 0 Å². The van der Waals surface area contributed by atoms with Gasteiger partial charge in [0, 0.05) is 0 Å². The van der Waals surface area contributed by atoms with Crippen LogP contribution in [-0.2, 0) is 14.3 Å². The lowest BCUT2D eigenvalue weighted by Gasteiger charge is -2.34. The van der Waals surface area contributed by atoms with Crippen molar-refractivity contribution in [2.24, 2.45) is 4.99 Å². The number of aliphatic hydroxyl groups is 1. The fourth-order valence-electron chi connectivity index (χ4n) is 1.88. The van der Waals surface area contributed by atoms with Crippen molar-refractivity contribution in [3.05, 3.63) is 12.2 Å². The molecule has 2 N–H and O–H groups in total. The van der Waals surface area contributed by atoms with Crippen LogP contribution in [0.2, 0.25) is 0 Å². The Labute approximate surface area is 153 Å². The van der Waals surface area contributed by atoms with E-state index >= 15 is 0 Å². The zero-order valence-corrected chi connectivity index (χ0v) is 16.4. The molecule has 0 radical (unpaired) electrons. The molecule has 0 fully saturated rings. The number of nitrogens with one attached hydrogen (secondary N) is 1. The first-order valence-corrected chi connectivity index (χ1v) is 8.37. The SMILES string of the molecule is C[C@@H]1C=C[C@H](CO)ON1/C(=N/C(=O)OC(C)(C)C)NC(=O)OC(C)(C)C. The highest BCUT2D eigenvalue weighted by Gasteiger charge is 2.29. The molecule has 0 aromatic rings. The van der Waals surface area contributed by atoms with E-state index in [0.717, 1.165) is 0 Å². The van der Waals surface area contributed by atoms with Gasteiger partial charge in [0.15, 0.2) is 0 Å². The molecule has 0 spiro atoms. The van der Waals surface area contributed by atoms with Crippen molar-refractivity contribution in [2.75, 3.05) is 6.61 Å².